The molecule has 0 fully saturated rings. The van der Waals surface area contributed by atoms with Gasteiger partial charge in [0.25, 0.3) is 5.91 Å². The summed E-state index contributed by atoms with van der Waals surface area (Å²) >= 11 is 0. The lowest BCUT2D eigenvalue weighted by molar-refractivity contribution is -0.128. The molecule has 140 valence electrons. The molecule has 1 heterocycles. The van der Waals surface area contributed by atoms with Crippen LogP contribution in [-0.2, 0) is 11.3 Å². The lowest BCUT2D eigenvalue weighted by Crippen LogP contribution is -2.37. The molecule has 2 aromatic carbocycles. The van der Waals surface area contributed by atoms with E-state index in [4.69, 9.17) is 9.26 Å². The molecule has 27 heavy (non-hydrogen) atoms. The maximum absolute atomic E-state index is 12.5. The number of amides is 1. The topological polar surface area (TPSA) is 77.2 Å². The minimum atomic E-state index is -0.578. The molecule has 1 N–H and O–H groups in total. The Bertz CT molecular complexity index is 903. The van der Waals surface area contributed by atoms with Gasteiger partial charge in [-0.25, -0.2) is 0 Å². The Morgan fingerprint density at radius 1 is 1.15 bits per heavy atom. The number of hydrogen-bond donors (Lipinski definition) is 1. The molecule has 0 saturated carbocycles. The Hall–Kier alpha value is -3.15. The van der Waals surface area contributed by atoms with E-state index in [1.165, 1.54) is 0 Å². The molecular weight excluding hydrogens is 342 g/mol. The lowest BCUT2D eigenvalue weighted by atomic mass is 10.1. The molecule has 0 aliphatic rings. The third-order valence-corrected chi connectivity index (χ3v) is 4.22. The number of para-hydroxylation sites is 1. The fourth-order valence-electron chi connectivity index (χ4n) is 2.59. The largest absolute Gasteiger partial charge is 0.480 e. The van der Waals surface area contributed by atoms with Crippen molar-refractivity contribution >= 4 is 5.91 Å². The number of benzene rings is 2. The van der Waals surface area contributed by atoms with Crippen molar-refractivity contribution in [3.05, 3.63) is 65.5 Å². The predicted octanol–water partition coefficient (Wildman–Crippen LogP) is 3.83. The highest BCUT2D eigenvalue weighted by Crippen LogP contribution is 2.19. The minimum Gasteiger partial charge on any atom is -0.480 e. The maximum Gasteiger partial charge on any atom is 0.261 e. The van der Waals surface area contributed by atoms with Gasteiger partial charge in [0.05, 0.1) is 6.54 Å². The summed E-state index contributed by atoms with van der Waals surface area (Å²) in [7, 11) is 0. The van der Waals surface area contributed by atoms with Crippen molar-refractivity contribution in [1.29, 1.82) is 0 Å². The highest BCUT2D eigenvalue weighted by atomic mass is 16.5. The van der Waals surface area contributed by atoms with Crippen LogP contribution in [0.25, 0.3) is 11.4 Å². The molecule has 1 aromatic heterocycles. The van der Waals surface area contributed by atoms with Gasteiger partial charge in [0.2, 0.25) is 11.7 Å². The van der Waals surface area contributed by atoms with E-state index in [1.54, 1.807) is 0 Å². The molecule has 0 saturated heterocycles. The SMILES string of the molecule is CC[C@@H](Oc1ccccc1C)C(=O)NCc1nc(-c2ccc(C)cc2)no1. The third-order valence-electron chi connectivity index (χ3n) is 4.22. The van der Waals surface area contributed by atoms with Crippen molar-refractivity contribution in [1.82, 2.24) is 15.5 Å². The number of aromatic nitrogens is 2. The third kappa shape index (κ3) is 4.73. The van der Waals surface area contributed by atoms with E-state index in [0.717, 1.165) is 16.7 Å². The van der Waals surface area contributed by atoms with Gasteiger partial charge in [-0.15, -0.1) is 0 Å². The van der Waals surface area contributed by atoms with Gasteiger partial charge in [0.1, 0.15) is 5.75 Å². The molecule has 0 aliphatic heterocycles. The fourth-order valence-corrected chi connectivity index (χ4v) is 2.59. The quantitative estimate of drug-likeness (QED) is 0.688. The molecule has 0 spiro atoms. The number of ether oxygens (including phenoxy) is 1. The average molecular weight is 365 g/mol. The van der Waals surface area contributed by atoms with E-state index in [1.807, 2.05) is 69.3 Å². The average Bonchev–Trinajstić information content (AvgIpc) is 3.15. The van der Waals surface area contributed by atoms with E-state index in [0.29, 0.717) is 23.9 Å². The van der Waals surface area contributed by atoms with Crippen LogP contribution in [0.1, 0.15) is 30.4 Å². The van der Waals surface area contributed by atoms with Crippen LogP contribution < -0.4 is 10.1 Å². The molecule has 0 aliphatic carbocycles. The molecule has 6 heteroatoms. The zero-order valence-corrected chi connectivity index (χ0v) is 15.7. The van der Waals surface area contributed by atoms with Crippen LogP contribution in [0.5, 0.6) is 5.75 Å². The monoisotopic (exact) mass is 365 g/mol. The van der Waals surface area contributed by atoms with Crippen molar-refractivity contribution < 1.29 is 14.1 Å². The molecular formula is C21H23N3O3. The summed E-state index contributed by atoms with van der Waals surface area (Å²) in [4.78, 5) is 16.8. The van der Waals surface area contributed by atoms with Gasteiger partial charge in [0, 0.05) is 5.56 Å². The molecule has 6 nitrogen and oxygen atoms in total. The summed E-state index contributed by atoms with van der Waals surface area (Å²) in [5.41, 5.74) is 3.02. The Morgan fingerprint density at radius 3 is 2.59 bits per heavy atom. The molecule has 1 amide bonds. The van der Waals surface area contributed by atoms with Crippen LogP contribution in [0.15, 0.2) is 53.1 Å². The number of carbonyl (C=O) groups excluding carboxylic acids is 1. The first-order valence-corrected chi connectivity index (χ1v) is 8.96. The molecule has 1 atom stereocenters. The number of aryl methyl sites for hydroxylation is 2. The van der Waals surface area contributed by atoms with Crippen molar-refractivity contribution in [2.45, 2.75) is 39.8 Å². The second kappa shape index (κ2) is 8.49. The Morgan fingerprint density at radius 2 is 1.89 bits per heavy atom. The summed E-state index contributed by atoms with van der Waals surface area (Å²) in [6.07, 6.45) is -0.0240. The van der Waals surface area contributed by atoms with Crippen molar-refractivity contribution in [3.63, 3.8) is 0 Å². The summed E-state index contributed by atoms with van der Waals surface area (Å²) in [5, 5.41) is 6.77. The number of hydrogen-bond acceptors (Lipinski definition) is 5. The van der Waals surface area contributed by atoms with E-state index in [-0.39, 0.29) is 12.5 Å². The Balaban J connectivity index is 1.59. The first-order valence-electron chi connectivity index (χ1n) is 8.96. The molecule has 0 bridgehead atoms. The summed E-state index contributed by atoms with van der Waals surface area (Å²) in [6.45, 7) is 6.03. The maximum atomic E-state index is 12.5. The van der Waals surface area contributed by atoms with Crippen LogP contribution in [0.2, 0.25) is 0 Å². The van der Waals surface area contributed by atoms with E-state index in [2.05, 4.69) is 15.5 Å². The lowest BCUT2D eigenvalue weighted by Gasteiger charge is -2.18. The standard InChI is InChI=1S/C21H23N3O3/c1-4-17(26-18-8-6-5-7-15(18)3)21(25)22-13-19-23-20(24-27-19)16-11-9-14(2)10-12-16/h5-12,17H,4,13H2,1-3H3,(H,22,25)/t17-/m1/s1. The number of nitrogens with one attached hydrogen (secondary N) is 1. The number of nitrogens with zero attached hydrogens (tertiary/aromatic N) is 2. The minimum absolute atomic E-state index is 0.158. The fraction of sp³-hybridized carbons (Fsp3) is 0.286. The normalized spacial score (nSPS) is 11.8. The van der Waals surface area contributed by atoms with Crippen LogP contribution >= 0.6 is 0 Å². The molecule has 0 radical (unpaired) electrons. The van der Waals surface area contributed by atoms with Crippen LogP contribution in [0.3, 0.4) is 0 Å². The summed E-state index contributed by atoms with van der Waals surface area (Å²) in [6, 6.07) is 15.5. The van der Waals surface area contributed by atoms with E-state index < -0.39 is 6.10 Å². The first kappa shape index (κ1) is 18.6. The zero-order valence-electron chi connectivity index (χ0n) is 15.7. The second-order valence-corrected chi connectivity index (χ2v) is 6.38. The van der Waals surface area contributed by atoms with Gasteiger partial charge < -0.3 is 14.6 Å². The smallest absolute Gasteiger partial charge is 0.261 e. The first-order chi connectivity index (χ1) is 13.1. The van der Waals surface area contributed by atoms with Gasteiger partial charge in [-0.05, 0) is 31.9 Å². The van der Waals surface area contributed by atoms with Crippen LogP contribution in [0, 0.1) is 13.8 Å². The summed E-state index contributed by atoms with van der Waals surface area (Å²) in [5.74, 6) is 1.35. The number of carbonyl (C=O) groups is 1. The van der Waals surface area contributed by atoms with Gasteiger partial charge in [-0.2, -0.15) is 4.98 Å². The van der Waals surface area contributed by atoms with Crippen molar-refractivity contribution in [2.75, 3.05) is 0 Å². The van der Waals surface area contributed by atoms with Gasteiger partial charge in [0.15, 0.2) is 6.10 Å². The Labute approximate surface area is 158 Å². The van der Waals surface area contributed by atoms with Gasteiger partial charge in [-0.3, -0.25) is 4.79 Å². The zero-order chi connectivity index (χ0) is 19.2. The van der Waals surface area contributed by atoms with Crippen LogP contribution in [-0.4, -0.2) is 22.2 Å². The molecule has 3 aromatic rings. The van der Waals surface area contributed by atoms with Gasteiger partial charge >= 0.3 is 0 Å². The van der Waals surface area contributed by atoms with Crippen molar-refractivity contribution in [3.8, 4) is 17.1 Å². The Kier molecular flexibility index (Phi) is 5.86. The van der Waals surface area contributed by atoms with Crippen LogP contribution in [0.4, 0.5) is 0 Å². The number of rotatable bonds is 7. The van der Waals surface area contributed by atoms with Crippen molar-refractivity contribution in [2.24, 2.45) is 0 Å². The summed E-state index contributed by atoms with van der Waals surface area (Å²) < 4.78 is 11.1. The van der Waals surface area contributed by atoms with E-state index >= 15 is 0 Å². The van der Waals surface area contributed by atoms with E-state index in [9.17, 15) is 4.79 Å². The highest BCUT2D eigenvalue weighted by molar-refractivity contribution is 5.81. The molecule has 3 rings (SSSR count). The second-order valence-electron chi connectivity index (χ2n) is 6.38. The highest BCUT2D eigenvalue weighted by Gasteiger charge is 2.20. The predicted molar refractivity (Wildman–Crippen MR) is 102 cm³/mol. The van der Waals surface area contributed by atoms with Gasteiger partial charge in [-0.1, -0.05) is 60.1 Å². The molecule has 0 unspecified atom stereocenters.